The van der Waals surface area contributed by atoms with Gasteiger partial charge in [-0.15, -0.1) is 11.3 Å². The monoisotopic (exact) mass is 448 g/mol. The number of nitrogens with one attached hydrogen (secondary N) is 2. The number of carboxylic acid groups (broad SMARTS) is 1. The molecule has 0 saturated carbocycles. The van der Waals surface area contributed by atoms with Gasteiger partial charge < -0.3 is 15.2 Å². The number of methoxy groups -OCH3 is 1. The summed E-state index contributed by atoms with van der Waals surface area (Å²) in [6.07, 6.45) is 2.66. The summed E-state index contributed by atoms with van der Waals surface area (Å²) in [5.41, 5.74) is 2.91. The molecule has 2 heterocycles. The summed E-state index contributed by atoms with van der Waals surface area (Å²) >= 11 is 1.60. The maximum atomic E-state index is 13.0. The Balaban J connectivity index is 1.40. The van der Waals surface area contributed by atoms with Crippen molar-refractivity contribution in [3.8, 4) is 16.3 Å². The number of aromatic carboxylic acids is 1. The molecule has 9 heteroatoms. The average molecular weight is 449 g/mol. The first-order chi connectivity index (χ1) is 15.5. The molecule has 162 valence electrons. The van der Waals surface area contributed by atoms with E-state index in [0.717, 1.165) is 46.2 Å². The molecule has 4 aromatic rings. The lowest BCUT2D eigenvalue weighted by atomic mass is 9.97. The molecule has 1 amide bonds. The largest absolute Gasteiger partial charge is 0.497 e. The number of hydrogen-bond acceptors (Lipinski definition) is 6. The molecular formula is C23H20N4O4S. The number of rotatable bonds is 5. The van der Waals surface area contributed by atoms with Crippen LogP contribution in [0.5, 0.6) is 5.75 Å². The number of aromatic amines is 1. The normalized spacial score (nSPS) is 15.3. The summed E-state index contributed by atoms with van der Waals surface area (Å²) in [4.78, 5) is 30.3. The Bertz CT molecular complexity index is 1330. The van der Waals surface area contributed by atoms with E-state index in [0.29, 0.717) is 16.5 Å². The summed E-state index contributed by atoms with van der Waals surface area (Å²) in [6, 6.07) is 12.6. The molecule has 32 heavy (non-hydrogen) atoms. The van der Waals surface area contributed by atoms with E-state index in [-0.39, 0.29) is 17.6 Å². The SMILES string of the molecule is COc1ccc(-c2nc3c(s2)C(NC(=O)c2ccc4[nH]nc(C(=O)O)c4c2)CCC3)cc1. The fraction of sp³-hybridized carbons (Fsp3) is 0.217. The Morgan fingerprint density at radius 3 is 2.78 bits per heavy atom. The second-order valence-corrected chi connectivity index (χ2v) is 8.65. The molecule has 0 radical (unpaired) electrons. The fourth-order valence-electron chi connectivity index (χ4n) is 3.97. The zero-order valence-electron chi connectivity index (χ0n) is 17.2. The van der Waals surface area contributed by atoms with Gasteiger partial charge in [-0.3, -0.25) is 9.89 Å². The summed E-state index contributed by atoms with van der Waals surface area (Å²) in [5.74, 6) is -0.594. The van der Waals surface area contributed by atoms with Crippen molar-refractivity contribution in [1.29, 1.82) is 0 Å². The van der Waals surface area contributed by atoms with Crippen LogP contribution in [0.25, 0.3) is 21.5 Å². The van der Waals surface area contributed by atoms with Crippen LogP contribution in [0.15, 0.2) is 42.5 Å². The molecule has 8 nitrogen and oxygen atoms in total. The number of carbonyl (C=O) groups is 2. The average Bonchev–Trinajstić information content (AvgIpc) is 3.43. The topological polar surface area (TPSA) is 117 Å². The van der Waals surface area contributed by atoms with E-state index in [1.165, 1.54) is 0 Å². The zero-order valence-corrected chi connectivity index (χ0v) is 18.0. The van der Waals surface area contributed by atoms with Crippen LogP contribution >= 0.6 is 11.3 Å². The molecule has 0 aliphatic heterocycles. The van der Waals surface area contributed by atoms with Gasteiger partial charge in [0, 0.05) is 16.5 Å². The maximum Gasteiger partial charge on any atom is 0.357 e. The van der Waals surface area contributed by atoms with Crippen molar-refractivity contribution < 1.29 is 19.4 Å². The van der Waals surface area contributed by atoms with Crippen LogP contribution in [0.1, 0.15) is 50.3 Å². The highest BCUT2D eigenvalue weighted by Crippen LogP contribution is 2.38. The standard InChI is InChI=1S/C23H20N4O4S/c1-31-14-8-5-12(6-9-14)22-25-18-4-2-3-17(20(18)32-22)24-21(28)13-7-10-16-15(11-13)19(23(29)30)27-26-16/h5-11,17H,2-4H2,1H3,(H,24,28)(H,26,27)(H,29,30). The van der Waals surface area contributed by atoms with E-state index < -0.39 is 5.97 Å². The lowest BCUT2D eigenvalue weighted by Crippen LogP contribution is -2.30. The Morgan fingerprint density at radius 2 is 2.03 bits per heavy atom. The highest BCUT2D eigenvalue weighted by molar-refractivity contribution is 7.15. The number of ether oxygens (including phenoxy) is 1. The molecule has 0 saturated heterocycles. The van der Waals surface area contributed by atoms with Gasteiger partial charge in [-0.1, -0.05) is 0 Å². The number of fused-ring (bicyclic) bond motifs is 2. The van der Waals surface area contributed by atoms with Gasteiger partial charge in [-0.05, 0) is 61.7 Å². The number of aromatic nitrogens is 3. The number of benzene rings is 2. The molecule has 2 aromatic heterocycles. The van der Waals surface area contributed by atoms with Gasteiger partial charge in [-0.25, -0.2) is 9.78 Å². The summed E-state index contributed by atoms with van der Waals surface area (Å²) in [5, 5.41) is 20.2. The van der Waals surface area contributed by atoms with Crippen LogP contribution in [0, 0.1) is 0 Å². The van der Waals surface area contributed by atoms with Crippen molar-refractivity contribution >= 4 is 34.1 Å². The van der Waals surface area contributed by atoms with Gasteiger partial charge in [0.1, 0.15) is 10.8 Å². The third kappa shape index (κ3) is 3.60. The van der Waals surface area contributed by atoms with Gasteiger partial charge in [0.05, 0.1) is 29.2 Å². The van der Waals surface area contributed by atoms with Crippen LogP contribution in [0.2, 0.25) is 0 Å². The Morgan fingerprint density at radius 1 is 1.22 bits per heavy atom. The van der Waals surface area contributed by atoms with Crippen molar-refractivity contribution in [3.05, 3.63) is 64.3 Å². The number of aryl methyl sites for hydroxylation is 1. The highest BCUT2D eigenvalue weighted by Gasteiger charge is 2.27. The summed E-state index contributed by atoms with van der Waals surface area (Å²) in [7, 11) is 1.64. The molecule has 0 fully saturated rings. The van der Waals surface area contributed by atoms with E-state index in [4.69, 9.17) is 9.72 Å². The quantitative estimate of drug-likeness (QED) is 0.421. The molecule has 0 bridgehead atoms. The number of thiazole rings is 1. The predicted molar refractivity (Wildman–Crippen MR) is 120 cm³/mol. The van der Waals surface area contributed by atoms with Crippen molar-refractivity contribution in [2.24, 2.45) is 0 Å². The zero-order chi connectivity index (χ0) is 22.2. The summed E-state index contributed by atoms with van der Waals surface area (Å²) < 4.78 is 5.23. The fourth-order valence-corrected chi connectivity index (χ4v) is 5.18. The molecule has 3 N–H and O–H groups in total. The number of carboxylic acids is 1. The number of H-pyrrole nitrogens is 1. The van der Waals surface area contributed by atoms with Gasteiger partial charge in [0.25, 0.3) is 5.91 Å². The number of carbonyl (C=O) groups excluding carboxylic acids is 1. The first-order valence-electron chi connectivity index (χ1n) is 10.2. The lowest BCUT2D eigenvalue weighted by molar-refractivity contribution is 0.0692. The molecule has 1 unspecified atom stereocenters. The van der Waals surface area contributed by atoms with Gasteiger partial charge >= 0.3 is 5.97 Å². The molecule has 1 aliphatic rings. The van der Waals surface area contributed by atoms with Crippen molar-refractivity contribution in [2.45, 2.75) is 25.3 Å². The summed E-state index contributed by atoms with van der Waals surface area (Å²) in [6.45, 7) is 0. The number of amides is 1. The predicted octanol–water partition coefficient (Wildman–Crippen LogP) is 4.20. The molecule has 1 aliphatic carbocycles. The first-order valence-corrected chi connectivity index (χ1v) is 11.0. The Labute approximate surface area is 187 Å². The van der Waals surface area contributed by atoms with E-state index in [2.05, 4.69) is 15.5 Å². The minimum absolute atomic E-state index is 0.0961. The van der Waals surface area contributed by atoms with Crippen LogP contribution in [0.4, 0.5) is 0 Å². The molecule has 0 spiro atoms. The second kappa shape index (κ2) is 8.08. The van der Waals surface area contributed by atoms with E-state index in [1.807, 2.05) is 24.3 Å². The van der Waals surface area contributed by atoms with E-state index in [9.17, 15) is 14.7 Å². The van der Waals surface area contributed by atoms with Crippen molar-refractivity contribution in [3.63, 3.8) is 0 Å². The van der Waals surface area contributed by atoms with Gasteiger partial charge in [-0.2, -0.15) is 5.10 Å². The third-order valence-corrected chi connectivity index (χ3v) is 6.88. The smallest absolute Gasteiger partial charge is 0.357 e. The van der Waals surface area contributed by atoms with E-state index >= 15 is 0 Å². The van der Waals surface area contributed by atoms with Crippen molar-refractivity contribution in [2.75, 3.05) is 7.11 Å². The second-order valence-electron chi connectivity index (χ2n) is 7.61. The molecular weight excluding hydrogens is 428 g/mol. The third-order valence-electron chi connectivity index (χ3n) is 5.62. The number of hydrogen-bond donors (Lipinski definition) is 3. The van der Waals surface area contributed by atoms with Crippen LogP contribution in [0.3, 0.4) is 0 Å². The minimum Gasteiger partial charge on any atom is -0.497 e. The molecule has 1 atom stereocenters. The minimum atomic E-state index is -1.14. The Hall–Kier alpha value is -3.72. The van der Waals surface area contributed by atoms with Crippen LogP contribution < -0.4 is 10.1 Å². The molecule has 5 rings (SSSR count). The molecule has 2 aromatic carbocycles. The van der Waals surface area contributed by atoms with Gasteiger partial charge in [0.2, 0.25) is 0 Å². The van der Waals surface area contributed by atoms with Crippen molar-refractivity contribution in [1.82, 2.24) is 20.5 Å². The maximum absolute atomic E-state index is 13.0. The van der Waals surface area contributed by atoms with E-state index in [1.54, 1.807) is 36.6 Å². The highest BCUT2D eigenvalue weighted by atomic mass is 32.1. The van der Waals surface area contributed by atoms with Crippen LogP contribution in [-0.2, 0) is 6.42 Å². The first kappa shape index (κ1) is 20.2. The lowest BCUT2D eigenvalue weighted by Gasteiger charge is -2.22. The van der Waals surface area contributed by atoms with Gasteiger partial charge in [0.15, 0.2) is 5.69 Å². The Kier molecular flexibility index (Phi) is 5.10. The number of nitrogens with zero attached hydrogens (tertiary/aromatic N) is 2. The van der Waals surface area contributed by atoms with Crippen LogP contribution in [-0.4, -0.2) is 39.3 Å².